The third kappa shape index (κ3) is 3.54. The molecular weight excluding hydrogens is 311 g/mol. The lowest BCUT2D eigenvalue weighted by Gasteiger charge is -2.35. The van der Waals surface area contributed by atoms with E-state index in [-0.39, 0.29) is 11.7 Å². The van der Waals surface area contributed by atoms with E-state index in [0.717, 1.165) is 32.5 Å². The number of methoxy groups -OCH3 is 2. The second-order valence-electron chi connectivity index (χ2n) is 6.64. The molecule has 3 saturated heterocycles. The van der Waals surface area contributed by atoms with Gasteiger partial charge in [-0.3, -0.25) is 9.69 Å². The topological polar surface area (TPSA) is 42.0 Å². The van der Waals surface area contributed by atoms with Crippen LogP contribution in [0.25, 0.3) is 0 Å². The molecule has 0 aromatic heterocycles. The van der Waals surface area contributed by atoms with Crippen molar-refractivity contribution < 1.29 is 18.7 Å². The van der Waals surface area contributed by atoms with Gasteiger partial charge in [-0.15, -0.1) is 0 Å². The highest BCUT2D eigenvalue weighted by Crippen LogP contribution is 2.29. The third-order valence-corrected chi connectivity index (χ3v) is 5.10. The summed E-state index contributed by atoms with van der Waals surface area (Å²) in [4.78, 5) is 17.1. The van der Waals surface area contributed by atoms with Crippen molar-refractivity contribution >= 4 is 5.91 Å². The van der Waals surface area contributed by atoms with E-state index in [2.05, 4.69) is 4.90 Å². The molecule has 3 aliphatic rings. The molecule has 2 atom stereocenters. The quantitative estimate of drug-likeness (QED) is 0.825. The molecule has 1 aromatic rings. The molecule has 0 spiro atoms. The smallest absolute Gasteiger partial charge is 0.254 e. The Kier molecular flexibility index (Phi) is 5.36. The highest BCUT2D eigenvalue weighted by atomic mass is 19.1. The molecular formula is C18H25FN2O3. The highest BCUT2D eigenvalue weighted by Gasteiger charge is 2.36. The average molecular weight is 336 g/mol. The monoisotopic (exact) mass is 336 g/mol. The first-order chi connectivity index (χ1) is 11.6. The molecule has 0 radical (unpaired) electrons. The number of benzene rings is 1. The Morgan fingerprint density at radius 2 is 2.08 bits per heavy atom. The number of ether oxygens (including phenoxy) is 2. The molecule has 0 aliphatic carbocycles. The molecule has 3 heterocycles. The van der Waals surface area contributed by atoms with E-state index in [1.54, 1.807) is 13.2 Å². The molecule has 2 bridgehead atoms. The van der Waals surface area contributed by atoms with Crippen molar-refractivity contribution in [2.24, 2.45) is 5.92 Å². The Bertz CT molecular complexity index is 596. The van der Waals surface area contributed by atoms with E-state index in [9.17, 15) is 9.18 Å². The second-order valence-corrected chi connectivity index (χ2v) is 6.64. The maximum Gasteiger partial charge on any atom is 0.254 e. The first-order valence-electron chi connectivity index (χ1n) is 8.48. The zero-order valence-electron chi connectivity index (χ0n) is 14.3. The zero-order valence-corrected chi connectivity index (χ0v) is 14.3. The summed E-state index contributed by atoms with van der Waals surface area (Å²) in [6.07, 6.45) is 2.25. The molecule has 24 heavy (non-hydrogen) atoms. The van der Waals surface area contributed by atoms with Gasteiger partial charge >= 0.3 is 0 Å². The lowest BCUT2D eigenvalue weighted by molar-refractivity contribution is 0.0717. The minimum atomic E-state index is -0.497. The number of rotatable bonds is 5. The van der Waals surface area contributed by atoms with E-state index >= 15 is 0 Å². The van der Waals surface area contributed by atoms with Crippen LogP contribution in [-0.2, 0) is 4.74 Å². The van der Waals surface area contributed by atoms with Gasteiger partial charge in [-0.05, 0) is 37.0 Å². The molecule has 1 aromatic carbocycles. The van der Waals surface area contributed by atoms with Gasteiger partial charge in [0.2, 0.25) is 0 Å². The fourth-order valence-corrected chi connectivity index (χ4v) is 3.81. The second kappa shape index (κ2) is 7.49. The van der Waals surface area contributed by atoms with Crippen LogP contribution in [0.5, 0.6) is 5.75 Å². The van der Waals surface area contributed by atoms with Crippen molar-refractivity contribution in [2.45, 2.75) is 18.9 Å². The lowest BCUT2D eigenvalue weighted by Crippen LogP contribution is -2.45. The first-order valence-corrected chi connectivity index (χ1v) is 8.48. The summed E-state index contributed by atoms with van der Waals surface area (Å²) in [5, 5.41) is 0. The van der Waals surface area contributed by atoms with E-state index in [1.807, 2.05) is 4.90 Å². The number of amides is 1. The minimum absolute atomic E-state index is 0.0953. The number of hydrogen-bond acceptors (Lipinski definition) is 4. The van der Waals surface area contributed by atoms with Crippen LogP contribution in [-0.4, -0.2) is 68.8 Å². The van der Waals surface area contributed by atoms with Gasteiger partial charge < -0.3 is 14.4 Å². The number of piperidine rings is 1. The van der Waals surface area contributed by atoms with Crippen molar-refractivity contribution in [1.82, 2.24) is 9.80 Å². The Hall–Kier alpha value is -1.66. The predicted molar refractivity (Wildman–Crippen MR) is 88.8 cm³/mol. The van der Waals surface area contributed by atoms with Crippen molar-refractivity contribution in [1.29, 1.82) is 0 Å². The summed E-state index contributed by atoms with van der Waals surface area (Å²) in [7, 11) is 3.13. The van der Waals surface area contributed by atoms with E-state index in [0.29, 0.717) is 30.7 Å². The summed E-state index contributed by atoms with van der Waals surface area (Å²) in [5.41, 5.74) is 0.387. The Balaban J connectivity index is 1.73. The van der Waals surface area contributed by atoms with Gasteiger partial charge in [0, 0.05) is 44.9 Å². The summed E-state index contributed by atoms with van der Waals surface area (Å²) in [5.74, 6) is 0.0470. The highest BCUT2D eigenvalue weighted by molar-refractivity contribution is 5.94. The van der Waals surface area contributed by atoms with Crippen LogP contribution in [0.2, 0.25) is 0 Å². The van der Waals surface area contributed by atoms with E-state index < -0.39 is 5.82 Å². The van der Waals surface area contributed by atoms with Gasteiger partial charge in [-0.25, -0.2) is 4.39 Å². The van der Waals surface area contributed by atoms with Crippen LogP contribution in [0.1, 0.15) is 23.2 Å². The Morgan fingerprint density at radius 1 is 1.25 bits per heavy atom. The number of fused-ring (bicyclic) bond motifs is 4. The summed E-state index contributed by atoms with van der Waals surface area (Å²) >= 11 is 0. The summed E-state index contributed by atoms with van der Waals surface area (Å²) in [6.45, 7) is 4.06. The first kappa shape index (κ1) is 17.2. The van der Waals surface area contributed by atoms with Gasteiger partial charge in [0.1, 0.15) is 0 Å². The normalized spacial score (nSPS) is 24.0. The molecule has 5 nitrogen and oxygen atoms in total. The Labute approximate surface area is 142 Å². The molecule has 1 amide bonds. The standard InChI is InChI=1S/C18H25FN2O3/c1-23-8-7-20-10-13-3-5-15(20)12-21(11-13)18(22)14-4-6-17(24-2)16(19)9-14/h4,6,9,13,15H,3,5,7-8,10-12H2,1-2H3/t13-,15-/m1/s1. The molecule has 132 valence electrons. The summed E-state index contributed by atoms with van der Waals surface area (Å²) in [6, 6.07) is 4.79. The molecule has 0 unspecified atom stereocenters. The van der Waals surface area contributed by atoms with Gasteiger partial charge in [-0.2, -0.15) is 0 Å². The van der Waals surface area contributed by atoms with Crippen molar-refractivity contribution in [3.63, 3.8) is 0 Å². The number of halogens is 1. The van der Waals surface area contributed by atoms with Gasteiger partial charge in [-0.1, -0.05) is 0 Å². The number of carbonyl (C=O) groups excluding carboxylic acids is 1. The molecule has 4 rings (SSSR count). The predicted octanol–water partition coefficient (Wildman–Crippen LogP) is 2.02. The molecule has 0 saturated carbocycles. The van der Waals surface area contributed by atoms with Crippen molar-refractivity contribution in [3.8, 4) is 5.75 Å². The lowest BCUT2D eigenvalue weighted by atomic mass is 9.95. The van der Waals surface area contributed by atoms with Crippen LogP contribution in [0.15, 0.2) is 18.2 Å². The number of carbonyl (C=O) groups is 1. The fraction of sp³-hybridized carbons (Fsp3) is 0.611. The molecule has 3 aliphatic heterocycles. The Morgan fingerprint density at radius 3 is 2.79 bits per heavy atom. The van der Waals surface area contributed by atoms with Gasteiger partial charge in [0.05, 0.1) is 13.7 Å². The molecule has 0 N–H and O–H groups in total. The van der Waals surface area contributed by atoms with Crippen LogP contribution in [0, 0.1) is 11.7 Å². The van der Waals surface area contributed by atoms with Crippen LogP contribution in [0.3, 0.4) is 0 Å². The number of hydrogen-bond donors (Lipinski definition) is 0. The maximum absolute atomic E-state index is 13.9. The van der Waals surface area contributed by atoms with Crippen molar-refractivity contribution in [2.75, 3.05) is 47.0 Å². The fourth-order valence-electron chi connectivity index (χ4n) is 3.81. The van der Waals surface area contributed by atoms with Crippen LogP contribution in [0.4, 0.5) is 4.39 Å². The van der Waals surface area contributed by atoms with Gasteiger partial charge in [0.15, 0.2) is 11.6 Å². The number of nitrogens with zero attached hydrogens (tertiary/aromatic N) is 2. The average Bonchev–Trinajstić information content (AvgIpc) is 2.91. The van der Waals surface area contributed by atoms with Gasteiger partial charge in [0.25, 0.3) is 5.91 Å². The summed E-state index contributed by atoms with van der Waals surface area (Å²) < 4.78 is 24.0. The zero-order chi connectivity index (χ0) is 17.1. The molecule has 6 heteroatoms. The van der Waals surface area contributed by atoms with E-state index in [1.165, 1.54) is 19.2 Å². The van der Waals surface area contributed by atoms with E-state index in [4.69, 9.17) is 9.47 Å². The van der Waals surface area contributed by atoms with Crippen molar-refractivity contribution in [3.05, 3.63) is 29.6 Å². The maximum atomic E-state index is 13.9. The third-order valence-electron chi connectivity index (χ3n) is 5.10. The minimum Gasteiger partial charge on any atom is -0.494 e. The SMILES string of the molecule is COCCN1C[C@H]2CC[C@@H]1CN(C(=O)c1ccc(OC)c(F)c1)C2. The molecule has 3 fully saturated rings. The largest absolute Gasteiger partial charge is 0.494 e. The van der Waals surface area contributed by atoms with Crippen LogP contribution < -0.4 is 4.74 Å². The van der Waals surface area contributed by atoms with Crippen LogP contribution >= 0.6 is 0 Å².